The molecular formula is C16H28BrN3. The Hall–Kier alpha value is -0.350. The van der Waals surface area contributed by atoms with Gasteiger partial charge in [-0.25, -0.2) is 0 Å². The van der Waals surface area contributed by atoms with Gasteiger partial charge in [-0.1, -0.05) is 33.6 Å². The summed E-state index contributed by atoms with van der Waals surface area (Å²) in [5.41, 5.74) is 9.16. The van der Waals surface area contributed by atoms with Crippen molar-refractivity contribution in [2.24, 2.45) is 17.6 Å². The molecule has 0 aromatic carbocycles. The van der Waals surface area contributed by atoms with Crippen molar-refractivity contribution in [3.63, 3.8) is 0 Å². The molecule has 1 aliphatic carbocycles. The van der Waals surface area contributed by atoms with Gasteiger partial charge in [0.05, 0.1) is 15.9 Å². The van der Waals surface area contributed by atoms with Gasteiger partial charge in [0, 0.05) is 18.5 Å². The molecular weight excluding hydrogens is 314 g/mol. The van der Waals surface area contributed by atoms with E-state index in [9.17, 15) is 0 Å². The summed E-state index contributed by atoms with van der Waals surface area (Å²) in [6.45, 7) is 9.88. The molecule has 0 radical (unpaired) electrons. The molecule has 2 rings (SSSR count). The molecule has 1 aliphatic rings. The molecule has 0 bridgehead atoms. The highest BCUT2D eigenvalue weighted by Crippen LogP contribution is 2.39. The third-order valence-electron chi connectivity index (χ3n) is 5.25. The number of aromatic nitrogens is 2. The van der Waals surface area contributed by atoms with Gasteiger partial charge in [0.1, 0.15) is 0 Å². The Balaban J connectivity index is 2.31. The first-order valence-electron chi connectivity index (χ1n) is 7.95. The summed E-state index contributed by atoms with van der Waals surface area (Å²) >= 11 is 3.75. The van der Waals surface area contributed by atoms with Gasteiger partial charge >= 0.3 is 0 Å². The molecule has 4 heteroatoms. The second-order valence-electron chi connectivity index (χ2n) is 6.44. The van der Waals surface area contributed by atoms with Gasteiger partial charge in [-0.3, -0.25) is 4.68 Å². The van der Waals surface area contributed by atoms with E-state index >= 15 is 0 Å². The summed E-state index contributed by atoms with van der Waals surface area (Å²) in [7, 11) is 0. The number of hydrogen-bond donors (Lipinski definition) is 1. The highest BCUT2D eigenvalue weighted by Gasteiger charge is 2.39. The standard InChI is InChI=1S/C16H28BrN3/c1-5-13-15(17)14(20(6-2)19-13)10-16(18)9-7-8-11(3)12(16)4/h11-12H,5-10,18H2,1-4H3. The molecule has 3 unspecified atom stereocenters. The van der Waals surface area contributed by atoms with E-state index in [0.717, 1.165) is 37.4 Å². The fourth-order valence-corrected chi connectivity index (χ4v) is 4.25. The highest BCUT2D eigenvalue weighted by molar-refractivity contribution is 9.10. The minimum atomic E-state index is -0.0852. The summed E-state index contributed by atoms with van der Waals surface area (Å²) in [6.07, 6.45) is 5.58. The molecule has 1 aromatic rings. The molecule has 1 saturated carbocycles. The van der Waals surface area contributed by atoms with Crippen LogP contribution in [0.2, 0.25) is 0 Å². The van der Waals surface area contributed by atoms with Crippen LogP contribution >= 0.6 is 15.9 Å². The van der Waals surface area contributed by atoms with E-state index in [0.29, 0.717) is 5.92 Å². The molecule has 114 valence electrons. The van der Waals surface area contributed by atoms with Gasteiger partial charge in [0.25, 0.3) is 0 Å². The van der Waals surface area contributed by atoms with E-state index in [1.165, 1.54) is 23.0 Å². The van der Waals surface area contributed by atoms with E-state index in [-0.39, 0.29) is 5.54 Å². The summed E-state index contributed by atoms with van der Waals surface area (Å²) in [5.74, 6) is 1.28. The van der Waals surface area contributed by atoms with Crippen molar-refractivity contribution >= 4 is 15.9 Å². The number of nitrogens with zero attached hydrogens (tertiary/aromatic N) is 2. The maximum absolute atomic E-state index is 6.81. The van der Waals surface area contributed by atoms with Crippen LogP contribution in [-0.4, -0.2) is 15.3 Å². The lowest BCUT2D eigenvalue weighted by Crippen LogP contribution is -2.52. The lowest BCUT2D eigenvalue weighted by atomic mass is 9.67. The third-order valence-corrected chi connectivity index (χ3v) is 6.17. The summed E-state index contributed by atoms with van der Waals surface area (Å²) < 4.78 is 3.31. The minimum absolute atomic E-state index is 0.0852. The van der Waals surface area contributed by atoms with Crippen molar-refractivity contribution in [2.45, 2.75) is 71.9 Å². The molecule has 1 fully saturated rings. The van der Waals surface area contributed by atoms with Crippen LogP contribution in [0.5, 0.6) is 0 Å². The monoisotopic (exact) mass is 341 g/mol. The second-order valence-corrected chi connectivity index (χ2v) is 7.24. The lowest BCUT2D eigenvalue weighted by Gasteiger charge is -2.43. The maximum Gasteiger partial charge on any atom is 0.0766 e. The Bertz CT molecular complexity index is 469. The zero-order valence-corrected chi connectivity index (χ0v) is 14.8. The van der Waals surface area contributed by atoms with Crippen LogP contribution in [0, 0.1) is 11.8 Å². The van der Waals surface area contributed by atoms with E-state index in [1.807, 2.05) is 0 Å². The smallest absolute Gasteiger partial charge is 0.0766 e. The van der Waals surface area contributed by atoms with Crippen LogP contribution < -0.4 is 5.73 Å². The van der Waals surface area contributed by atoms with Crippen molar-refractivity contribution in [1.82, 2.24) is 9.78 Å². The SMILES string of the molecule is CCc1nn(CC)c(CC2(N)CCCC(C)C2C)c1Br. The molecule has 3 atom stereocenters. The Morgan fingerprint density at radius 3 is 2.70 bits per heavy atom. The Morgan fingerprint density at radius 2 is 2.10 bits per heavy atom. The normalized spacial score (nSPS) is 30.7. The number of halogens is 1. The Labute approximate surface area is 131 Å². The van der Waals surface area contributed by atoms with Crippen molar-refractivity contribution in [2.75, 3.05) is 0 Å². The number of aryl methyl sites for hydroxylation is 2. The molecule has 0 spiro atoms. The predicted molar refractivity (Wildman–Crippen MR) is 87.8 cm³/mol. The molecule has 0 saturated heterocycles. The number of nitrogens with two attached hydrogens (primary N) is 1. The van der Waals surface area contributed by atoms with E-state index in [1.54, 1.807) is 0 Å². The van der Waals surface area contributed by atoms with Gasteiger partial charge in [0.2, 0.25) is 0 Å². The first-order valence-corrected chi connectivity index (χ1v) is 8.75. The van der Waals surface area contributed by atoms with Crippen LogP contribution in [-0.2, 0) is 19.4 Å². The summed E-state index contributed by atoms with van der Waals surface area (Å²) in [5, 5.41) is 4.70. The Kier molecular flexibility index (Phi) is 4.96. The van der Waals surface area contributed by atoms with E-state index in [4.69, 9.17) is 10.8 Å². The highest BCUT2D eigenvalue weighted by atomic mass is 79.9. The van der Waals surface area contributed by atoms with E-state index < -0.39 is 0 Å². The summed E-state index contributed by atoms with van der Waals surface area (Å²) in [6, 6.07) is 0. The first kappa shape index (κ1) is 16.0. The zero-order chi connectivity index (χ0) is 14.9. The maximum atomic E-state index is 6.81. The quantitative estimate of drug-likeness (QED) is 0.901. The van der Waals surface area contributed by atoms with Gasteiger partial charge < -0.3 is 5.73 Å². The molecule has 20 heavy (non-hydrogen) atoms. The fraction of sp³-hybridized carbons (Fsp3) is 0.812. The first-order chi connectivity index (χ1) is 9.42. The number of rotatable bonds is 4. The largest absolute Gasteiger partial charge is 0.324 e. The lowest BCUT2D eigenvalue weighted by molar-refractivity contribution is 0.141. The average Bonchev–Trinajstić information content (AvgIpc) is 2.72. The van der Waals surface area contributed by atoms with Crippen LogP contribution in [0.3, 0.4) is 0 Å². The van der Waals surface area contributed by atoms with Gasteiger partial charge in [-0.15, -0.1) is 0 Å². The van der Waals surface area contributed by atoms with Crippen molar-refractivity contribution in [1.29, 1.82) is 0 Å². The molecule has 0 aliphatic heterocycles. The van der Waals surface area contributed by atoms with Crippen LogP contribution in [0.15, 0.2) is 4.47 Å². The van der Waals surface area contributed by atoms with Crippen LogP contribution in [0.1, 0.15) is 58.3 Å². The van der Waals surface area contributed by atoms with Gasteiger partial charge in [0.15, 0.2) is 0 Å². The summed E-state index contributed by atoms with van der Waals surface area (Å²) in [4.78, 5) is 0. The van der Waals surface area contributed by atoms with Gasteiger partial charge in [-0.05, 0) is 47.5 Å². The topological polar surface area (TPSA) is 43.8 Å². The van der Waals surface area contributed by atoms with Crippen molar-refractivity contribution in [3.8, 4) is 0 Å². The van der Waals surface area contributed by atoms with E-state index in [2.05, 4.69) is 48.3 Å². The zero-order valence-electron chi connectivity index (χ0n) is 13.2. The second kappa shape index (κ2) is 6.18. The van der Waals surface area contributed by atoms with Crippen molar-refractivity contribution < 1.29 is 0 Å². The Morgan fingerprint density at radius 1 is 1.40 bits per heavy atom. The number of hydrogen-bond acceptors (Lipinski definition) is 2. The third kappa shape index (κ3) is 2.82. The molecule has 1 heterocycles. The van der Waals surface area contributed by atoms with Crippen LogP contribution in [0.4, 0.5) is 0 Å². The predicted octanol–water partition coefficient (Wildman–Crippen LogP) is 3.92. The molecule has 0 amide bonds. The molecule has 3 nitrogen and oxygen atoms in total. The molecule has 2 N–H and O–H groups in total. The van der Waals surface area contributed by atoms with Crippen molar-refractivity contribution in [3.05, 3.63) is 15.9 Å². The molecule has 1 aromatic heterocycles. The fourth-order valence-electron chi connectivity index (χ4n) is 3.54. The van der Waals surface area contributed by atoms with Gasteiger partial charge in [-0.2, -0.15) is 5.10 Å². The minimum Gasteiger partial charge on any atom is -0.324 e. The van der Waals surface area contributed by atoms with Crippen LogP contribution in [0.25, 0.3) is 0 Å². The average molecular weight is 342 g/mol.